The Hall–Kier alpha value is -3.00. The highest BCUT2D eigenvalue weighted by atomic mass is 32.2. The summed E-state index contributed by atoms with van der Waals surface area (Å²) in [5, 5.41) is 2.65. The molecule has 1 aliphatic rings. The Kier molecular flexibility index (Phi) is 4.07. The van der Waals surface area contributed by atoms with E-state index in [1.165, 1.54) is 28.8 Å². The van der Waals surface area contributed by atoms with Gasteiger partial charge >= 0.3 is 0 Å². The number of benzene rings is 2. The number of rotatable bonds is 3. The van der Waals surface area contributed by atoms with Gasteiger partial charge in [-0.1, -0.05) is 17.7 Å². The zero-order chi connectivity index (χ0) is 19.2. The number of hydrogen-bond acceptors (Lipinski definition) is 4. The Bertz CT molecular complexity index is 1130. The third-order valence-electron chi connectivity index (χ3n) is 4.44. The lowest BCUT2D eigenvalue weighted by molar-refractivity contribution is 0.101. The largest absolute Gasteiger partial charge is 0.321 e. The van der Waals surface area contributed by atoms with Gasteiger partial charge in [-0.05, 0) is 43.3 Å². The molecule has 0 atom stereocenters. The lowest BCUT2D eigenvalue weighted by Crippen LogP contribution is -2.17. The average molecular weight is 385 g/mol. The number of amides is 1. The van der Waals surface area contributed by atoms with Gasteiger partial charge in [-0.3, -0.25) is 4.79 Å². The van der Waals surface area contributed by atoms with Crippen LogP contribution in [0.1, 0.15) is 16.1 Å². The maximum atomic E-state index is 13.3. The van der Waals surface area contributed by atoms with Gasteiger partial charge in [0.25, 0.3) is 5.91 Å². The van der Waals surface area contributed by atoms with E-state index in [0.717, 1.165) is 5.56 Å². The summed E-state index contributed by atoms with van der Waals surface area (Å²) >= 11 is 0. The minimum Gasteiger partial charge on any atom is -0.321 e. The maximum Gasteiger partial charge on any atom is 0.274 e. The number of sulfone groups is 1. The van der Waals surface area contributed by atoms with Crippen molar-refractivity contribution < 1.29 is 17.6 Å². The number of nitrogens with zero attached hydrogens (tertiary/aromatic N) is 2. The molecule has 2 heterocycles. The molecule has 8 heteroatoms. The number of halogens is 1. The number of anilines is 1. The van der Waals surface area contributed by atoms with Crippen LogP contribution in [0.5, 0.6) is 0 Å². The van der Waals surface area contributed by atoms with Crippen LogP contribution >= 0.6 is 0 Å². The molecule has 3 aromatic rings. The Balaban J connectivity index is 1.81. The van der Waals surface area contributed by atoms with Crippen LogP contribution in [0, 0.1) is 12.7 Å². The molecule has 2 aromatic carbocycles. The fraction of sp³-hybridized carbons (Fsp3) is 0.158. The molecule has 6 nitrogen and oxygen atoms in total. The molecule has 0 fully saturated rings. The molecule has 0 bridgehead atoms. The Morgan fingerprint density at radius 2 is 1.78 bits per heavy atom. The molecule has 27 heavy (non-hydrogen) atoms. The van der Waals surface area contributed by atoms with E-state index in [-0.39, 0.29) is 28.8 Å². The Morgan fingerprint density at radius 1 is 1.11 bits per heavy atom. The molecule has 0 unspecified atom stereocenters. The van der Waals surface area contributed by atoms with Crippen LogP contribution < -0.4 is 5.32 Å². The first-order valence-electron chi connectivity index (χ1n) is 8.32. The lowest BCUT2D eigenvalue weighted by atomic mass is 10.1. The van der Waals surface area contributed by atoms with Gasteiger partial charge in [0, 0.05) is 17.8 Å². The van der Waals surface area contributed by atoms with Crippen LogP contribution in [0.15, 0.2) is 53.7 Å². The fourth-order valence-corrected chi connectivity index (χ4v) is 4.40. The van der Waals surface area contributed by atoms with Crippen LogP contribution in [0.4, 0.5) is 10.1 Å². The van der Waals surface area contributed by atoms with E-state index in [0.29, 0.717) is 11.3 Å². The minimum absolute atomic E-state index is 0.0934. The predicted octanol–water partition coefficient (Wildman–Crippen LogP) is 3.04. The molecule has 1 aliphatic heterocycles. The molecule has 0 radical (unpaired) electrons. The minimum atomic E-state index is -3.54. The number of carbonyl (C=O) groups is 1. The normalized spacial score (nSPS) is 14.7. The maximum absolute atomic E-state index is 13.3. The number of aromatic nitrogens is 2. The third kappa shape index (κ3) is 3.12. The van der Waals surface area contributed by atoms with Crippen LogP contribution in [-0.4, -0.2) is 29.6 Å². The fourth-order valence-electron chi connectivity index (χ4n) is 3.05. The van der Waals surface area contributed by atoms with Gasteiger partial charge in [-0.25, -0.2) is 17.8 Å². The number of imidazole rings is 1. The average Bonchev–Trinajstić information content (AvgIpc) is 3.15. The summed E-state index contributed by atoms with van der Waals surface area (Å²) in [6, 6.07) is 12.7. The Morgan fingerprint density at radius 3 is 2.44 bits per heavy atom. The smallest absolute Gasteiger partial charge is 0.274 e. The Labute approximate surface area is 155 Å². The van der Waals surface area contributed by atoms with Gasteiger partial charge in [-0.15, -0.1) is 0 Å². The molecule has 138 valence electrons. The third-order valence-corrected chi connectivity index (χ3v) is 6.02. The first kappa shape index (κ1) is 17.4. The van der Waals surface area contributed by atoms with Gasteiger partial charge < -0.3 is 9.88 Å². The van der Waals surface area contributed by atoms with Crippen molar-refractivity contribution in [2.75, 3.05) is 11.1 Å². The molecule has 1 amide bonds. The van der Waals surface area contributed by atoms with E-state index in [4.69, 9.17) is 0 Å². The van der Waals surface area contributed by atoms with Crippen molar-refractivity contribution in [3.63, 3.8) is 0 Å². The molecule has 1 aromatic heterocycles. The second-order valence-corrected chi connectivity index (χ2v) is 8.39. The molecule has 0 spiro atoms. The zero-order valence-corrected chi connectivity index (χ0v) is 15.3. The summed E-state index contributed by atoms with van der Waals surface area (Å²) < 4.78 is 39.2. The number of hydrogen-bond donors (Lipinski definition) is 1. The van der Waals surface area contributed by atoms with Crippen LogP contribution in [0.2, 0.25) is 0 Å². The summed E-state index contributed by atoms with van der Waals surface area (Å²) in [6.07, 6.45) is 0. The van der Waals surface area contributed by atoms with Crippen molar-refractivity contribution in [2.24, 2.45) is 0 Å². The first-order chi connectivity index (χ1) is 12.8. The second kappa shape index (κ2) is 6.31. The van der Waals surface area contributed by atoms with Crippen molar-refractivity contribution in [1.82, 2.24) is 9.55 Å². The number of fused-ring (bicyclic) bond motifs is 1. The lowest BCUT2D eigenvalue weighted by Gasteiger charge is -2.09. The van der Waals surface area contributed by atoms with Crippen molar-refractivity contribution >= 4 is 21.4 Å². The summed E-state index contributed by atoms with van der Waals surface area (Å²) in [5.41, 5.74) is 2.49. The van der Waals surface area contributed by atoms with Crippen molar-refractivity contribution in [1.29, 1.82) is 0 Å². The summed E-state index contributed by atoms with van der Waals surface area (Å²) in [6.45, 7) is 2.09. The quantitative estimate of drug-likeness (QED) is 0.751. The molecular weight excluding hydrogens is 369 g/mol. The van der Waals surface area contributed by atoms with Gasteiger partial charge in [0.05, 0.1) is 5.75 Å². The van der Waals surface area contributed by atoms with E-state index in [2.05, 4.69) is 10.3 Å². The molecule has 4 rings (SSSR count). The van der Waals surface area contributed by atoms with E-state index in [1.54, 1.807) is 12.1 Å². The zero-order valence-electron chi connectivity index (χ0n) is 14.4. The summed E-state index contributed by atoms with van der Waals surface area (Å²) in [5.74, 6) is -0.984. The van der Waals surface area contributed by atoms with Crippen LogP contribution in [-0.2, 0) is 16.4 Å². The highest BCUT2D eigenvalue weighted by Crippen LogP contribution is 2.31. The molecule has 0 aliphatic carbocycles. The van der Waals surface area contributed by atoms with E-state index in [1.807, 2.05) is 19.1 Å². The number of nitrogens with one attached hydrogen (secondary N) is 1. The van der Waals surface area contributed by atoms with E-state index in [9.17, 15) is 17.6 Å². The highest BCUT2D eigenvalue weighted by Gasteiger charge is 2.35. The van der Waals surface area contributed by atoms with Gasteiger partial charge in [0.15, 0.2) is 0 Å². The summed E-state index contributed by atoms with van der Waals surface area (Å²) in [4.78, 5) is 17.2. The van der Waals surface area contributed by atoms with Crippen LogP contribution in [0.3, 0.4) is 0 Å². The van der Waals surface area contributed by atoms with Crippen LogP contribution in [0.25, 0.3) is 11.3 Å². The molecular formula is C19H16FN3O3S. The van der Waals surface area contributed by atoms with Gasteiger partial charge in [0.2, 0.25) is 15.0 Å². The molecule has 0 saturated heterocycles. The summed E-state index contributed by atoms with van der Waals surface area (Å²) in [7, 11) is -3.54. The van der Waals surface area contributed by atoms with E-state index >= 15 is 0 Å². The van der Waals surface area contributed by atoms with Crippen molar-refractivity contribution in [3.05, 3.63) is 65.6 Å². The number of carbonyl (C=O) groups excluding carboxylic acids is 1. The molecule has 0 saturated carbocycles. The van der Waals surface area contributed by atoms with E-state index < -0.39 is 21.6 Å². The topological polar surface area (TPSA) is 81.1 Å². The van der Waals surface area contributed by atoms with Crippen molar-refractivity contribution in [2.45, 2.75) is 18.6 Å². The predicted molar refractivity (Wildman–Crippen MR) is 98.8 cm³/mol. The second-order valence-electron chi connectivity index (χ2n) is 6.39. The number of aryl methyl sites for hydroxylation is 1. The standard InChI is InChI=1S/C19H16FN3O3S/c1-12-2-8-15(9-3-12)21-18(24)17-16(13-4-6-14(20)7-5-13)22-19-23(17)10-11-27(19,25)26/h2-9H,10-11H2,1H3,(H,21,24). The SMILES string of the molecule is Cc1ccc(NC(=O)c2c(-c3ccc(F)cc3)nc3n2CCS3(=O)=O)cc1. The van der Waals surface area contributed by atoms with Gasteiger partial charge in [0.1, 0.15) is 17.2 Å². The van der Waals surface area contributed by atoms with Gasteiger partial charge in [-0.2, -0.15) is 0 Å². The first-order valence-corrected chi connectivity index (χ1v) is 9.97. The molecule has 1 N–H and O–H groups in total. The van der Waals surface area contributed by atoms with Crippen molar-refractivity contribution in [3.8, 4) is 11.3 Å². The monoisotopic (exact) mass is 385 g/mol. The highest BCUT2D eigenvalue weighted by molar-refractivity contribution is 7.91.